The van der Waals surface area contributed by atoms with E-state index < -0.39 is 0 Å². The van der Waals surface area contributed by atoms with Crippen LogP contribution in [0.25, 0.3) is 22.0 Å². The van der Waals surface area contributed by atoms with Crippen molar-refractivity contribution >= 4 is 28.5 Å². The van der Waals surface area contributed by atoms with Crippen molar-refractivity contribution in [1.82, 2.24) is 10.2 Å². The maximum atomic E-state index is 11.8. The number of thioether (sulfide) groups is 1. The molecule has 0 unspecified atom stereocenters. The van der Waals surface area contributed by atoms with Crippen LogP contribution in [-0.4, -0.2) is 28.0 Å². The van der Waals surface area contributed by atoms with E-state index in [1.54, 1.807) is 0 Å². The molecular weight excluding hydrogens is 320 g/mol. The lowest BCUT2D eigenvalue weighted by molar-refractivity contribution is -0.144. The zero-order valence-electron chi connectivity index (χ0n) is 13.6. The van der Waals surface area contributed by atoms with Crippen molar-refractivity contribution in [1.29, 1.82) is 0 Å². The SMILES string of the molecule is CC(C)OC(=O)CSc1nnc(-c2ccccc2)c2ccccc12. The molecule has 122 valence electrons. The summed E-state index contributed by atoms with van der Waals surface area (Å²) in [6, 6.07) is 18.0. The van der Waals surface area contributed by atoms with Crippen LogP contribution >= 0.6 is 11.8 Å². The Kier molecular flexibility index (Phi) is 5.11. The van der Waals surface area contributed by atoms with Crippen molar-refractivity contribution in [3.05, 3.63) is 54.6 Å². The normalized spacial score (nSPS) is 11.0. The van der Waals surface area contributed by atoms with E-state index in [-0.39, 0.29) is 17.8 Å². The highest BCUT2D eigenvalue weighted by Crippen LogP contribution is 2.31. The lowest BCUT2D eigenvalue weighted by Gasteiger charge is -2.10. The monoisotopic (exact) mass is 338 g/mol. The fraction of sp³-hybridized carbons (Fsp3) is 0.211. The lowest BCUT2D eigenvalue weighted by Crippen LogP contribution is -2.13. The summed E-state index contributed by atoms with van der Waals surface area (Å²) in [5.74, 6) is -0.0188. The third kappa shape index (κ3) is 3.74. The van der Waals surface area contributed by atoms with Crippen molar-refractivity contribution in [2.24, 2.45) is 0 Å². The van der Waals surface area contributed by atoms with E-state index in [0.29, 0.717) is 0 Å². The first-order valence-corrected chi connectivity index (χ1v) is 8.77. The first kappa shape index (κ1) is 16.5. The molecule has 0 N–H and O–H groups in total. The molecule has 0 radical (unpaired) electrons. The Balaban J connectivity index is 1.93. The highest BCUT2D eigenvalue weighted by Gasteiger charge is 2.13. The number of carbonyl (C=O) groups excluding carboxylic acids is 1. The minimum absolute atomic E-state index is 0.110. The Morgan fingerprint density at radius 1 is 1.00 bits per heavy atom. The topological polar surface area (TPSA) is 52.1 Å². The van der Waals surface area contributed by atoms with E-state index in [9.17, 15) is 4.79 Å². The van der Waals surface area contributed by atoms with E-state index >= 15 is 0 Å². The first-order chi connectivity index (χ1) is 11.6. The molecule has 3 aromatic rings. The van der Waals surface area contributed by atoms with Crippen LogP contribution in [0, 0.1) is 0 Å². The molecular formula is C19H18N2O2S. The van der Waals surface area contributed by atoms with Gasteiger partial charge in [-0.05, 0) is 13.8 Å². The standard InChI is InChI=1S/C19H18N2O2S/c1-13(2)23-17(22)12-24-19-16-11-7-6-10-15(16)18(20-21-19)14-8-4-3-5-9-14/h3-11,13H,12H2,1-2H3. The number of benzene rings is 2. The number of esters is 1. The van der Waals surface area contributed by atoms with Gasteiger partial charge in [0.15, 0.2) is 0 Å². The van der Waals surface area contributed by atoms with Gasteiger partial charge in [-0.3, -0.25) is 4.79 Å². The number of ether oxygens (including phenoxy) is 1. The van der Waals surface area contributed by atoms with Crippen LogP contribution in [0.15, 0.2) is 59.6 Å². The number of hydrogen-bond acceptors (Lipinski definition) is 5. The molecule has 3 rings (SSSR count). The number of fused-ring (bicyclic) bond motifs is 1. The van der Waals surface area contributed by atoms with E-state index in [0.717, 1.165) is 27.1 Å². The molecule has 0 aliphatic rings. The fourth-order valence-corrected chi connectivity index (χ4v) is 3.17. The average Bonchev–Trinajstić information content (AvgIpc) is 2.60. The second-order valence-electron chi connectivity index (χ2n) is 5.59. The minimum atomic E-state index is -0.243. The molecule has 5 heteroatoms. The first-order valence-electron chi connectivity index (χ1n) is 7.78. The van der Waals surface area contributed by atoms with E-state index in [1.165, 1.54) is 11.8 Å². The third-order valence-corrected chi connectivity index (χ3v) is 4.35. The number of hydrogen-bond donors (Lipinski definition) is 0. The predicted molar refractivity (Wildman–Crippen MR) is 96.9 cm³/mol. The number of carbonyl (C=O) groups is 1. The lowest BCUT2D eigenvalue weighted by atomic mass is 10.1. The maximum absolute atomic E-state index is 11.8. The molecule has 0 aliphatic heterocycles. The van der Waals surface area contributed by atoms with Crippen molar-refractivity contribution < 1.29 is 9.53 Å². The maximum Gasteiger partial charge on any atom is 0.316 e. The molecule has 0 aliphatic carbocycles. The van der Waals surface area contributed by atoms with Crippen molar-refractivity contribution in [2.45, 2.75) is 25.0 Å². The largest absolute Gasteiger partial charge is 0.462 e. The summed E-state index contributed by atoms with van der Waals surface area (Å²) in [5.41, 5.74) is 1.87. The minimum Gasteiger partial charge on any atom is -0.462 e. The quantitative estimate of drug-likeness (QED) is 0.511. The zero-order chi connectivity index (χ0) is 16.9. The smallest absolute Gasteiger partial charge is 0.316 e. The molecule has 0 atom stereocenters. The summed E-state index contributed by atoms with van der Waals surface area (Å²) in [5, 5.41) is 11.5. The molecule has 2 aromatic carbocycles. The fourth-order valence-electron chi connectivity index (χ4n) is 2.42. The third-order valence-electron chi connectivity index (χ3n) is 3.39. The Morgan fingerprint density at radius 3 is 2.38 bits per heavy atom. The summed E-state index contributed by atoms with van der Waals surface area (Å²) in [6.07, 6.45) is -0.110. The highest BCUT2D eigenvalue weighted by molar-refractivity contribution is 8.00. The summed E-state index contributed by atoms with van der Waals surface area (Å²) in [7, 11) is 0. The van der Waals surface area contributed by atoms with Crippen molar-refractivity contribution in [3.63, 3.8) is 0 Å². The molecule has 1 heterocycles. The summed E-state index contributed by atoms with van der Waals surface area (Å²) in [6.45, 7) is 3.68. The van der Waals surface area contributed by atoms with Gasteiger partial charge in [0.25, 0.3) is 0 Å². The van der Waals surface area contributed by atoms with Gasteiger partial charge in [-0.2, -0.15) is 0 Å². The van der Waals surface area contributed by atoms with E-state index in [2.05, 4.69) is 10.2 Å². The number of nitrogens with zero attached hydrogens (tertiary/aromatic N) is 2. The zero-order valence-corrected chi connectivity index (χ0v) is 14.4. The molecule has 0 amide bonds. The number of rotatable bonds is 5. The van der Waals surface area contributed by atoms with Gasteiger partial charge in [0.05, 0.1) is 11.9 Å². The molecule has 1 aromatic heterocycles. The van der Waals surface area contributed by atoms with Gasteiger partial charge in [-0.15, -0.1) is 10.2 Å². The van der Waals surface area contributed by atoms with Gasteiger partial charge < -0.3 is 4.74 Å². The van der Waals surface area contributed by atoms with Gasteiger partial charge in [-0.1, -0.05) is 66.4 Å². The molecule has 24 heavy (non-hydrogen) atoms. The van der Waals surface area contributed by atoms with Crippen LogP contribution in [0.2, 0.25) is 0 Å². The number of aromatic nitrogens is 2. The van der Waals surface area contributed by atoms with Gasteiger partial charge in [0, 0.05) is 16.3 Å². The molecule has 0 saturated carbocycles. The van der Waals surface area contributed by atoms with Gasteiger partial charge in [0.1, 0.15) is 10.7 Å². The van der Waals surface area contributed by atoms with Crippen LogP contribution < -0.4 is 0 Å². The molecule has 0 saturated heterocycles. The van der Waals surface area contributed by atoms with Crippen LogP contribution in [0.1, 0.15) is 13.8 Å². The molecule has 0 fully saturated rings. The summed E-state index contributed by atoms with van der Waals surface area (Å²) in [4.78, 5) is 11.8. The predicted octanol–water partition coefficient (Wildman–Crippen LogP) is 4.34. The molecule has 0 bridgehead atoms. The summed E-state index contributed by atoms with van der Waals surface area (Å²) < 4.78 is 5.17. The van der Waals surface area contributed by atoms with Crippen LogP contribution in [0.5, 0.6) is 0 Å². The Morgan fingerprint density at radius 2 is 1.67 bits per heavy atom. The Labute approximate surface area is 145 Å². The van der Waals surface area contributed by atoms with Gasteiger partial charge >= 0.3 is 5.97 Å². The molecule has 4 nitrogen and oxygen atoms in total. The van der Waals surface area contributed by atoms with Crippen LogP contribution in [0.3, 0.4) is 0 Å². The second-order valence-corrected chi connectivity index (χ2v) is 6.56. The molecule has 0 spiro atoms. The van der Waals surface area contributed by atoms with E-state index in [1.807, 2.05) is 68.4 Å². The van der Waals surface area contributed by atoms with Gasteiger partial charge in [0.2, 0.25) is 0 Å². The van der Waals surface area contributed by atoms with Gasteiger partial charge in [-0.25, -0.2) is 0 Å². The van der Waals surface area contributed by atoms with Crippen LogP contribution in [-0.2, 0) is 9.53 Å². The summed E-state index contributed by atoms with van der Waals surface area (Å²) >= 11 is 1.36. The van der Waals surface area contributed by atoms with Crippen molar-refractivity contribution in [3.8, 4) is 11.3 Å². The van der Waals surface area contributed by atoms with Crippen molar-refractivity contribution in [2.75, 3.05) is 5.75 Å². The Hall–Kier alpha value is -2.40. The van der Waals surface area contributed by atoms with E-state index in [4.69, 9.17) is 4.74 Å². The highest BCUT2D eigenvalue weighted by atomic mass is 32.2. The Bertz CT molecular complexity index is 850. The van der Waals surface area contributed by atoms with Crippen LogP contribution in [0.4, 0.5) is 0 Å². The average molecular weight is 338 g/mol. The second kappa shape index (κ2) is 7.45.